The van der Waals surface area contributed by atoms with Crippen molar-refractivity contribution < 1.29 is 4.57 Å². The Balaban J connectivity index is 1.14. The topological polar surface area (TPSA) is 17.1 Å². The summed E-state index contributed by atoms with van der Waals surface area (Å²) in [5.74, 6) is 0. The van der Waals surface area contributed by atoms with Gasteiger partial charge in [0.2, 0.25) is 0 Å². The first-order chi connectivity index (χ1) is 27.1. The number of fused-ring (bicyclic) bond motifs is 15. The quantitative estimate of drug-likeness (QED) is 0.130. The van der Waals surface area contributed by atoms with Gasteiger partial charge in [-0.15, -0.1) is 11.3 Å². The van der Waals surface area contributed by atoms with Gasteiger partial charge in [0.1, 0.15) is 0 Å². The molecule has 1 nitrogen and oxygen atoms in total. The van der Waals surface area contributed by atoms with Crippen LogP contribution in [0.2, 0.25) is 0 Å². The van der Waals surface area contributed by atoms with Crippen LogP contribution in [0.5, 0.6) is 0 Å². The third kappa shape index (κ3) is 4.50. The molecule has 1 aromatic heterocycles. The van der Waals surface area contributed by atoms with Gasteiger partial charge >= 0.3 is 0 Å². The Morgan fingerprint density at radius 2 is 0.655 bits per heavy atom. The van der Waals surface area contributed by atoms with E-state index in [1.165, 1.54) is 69.3 Å². The minimum Gasteiger partial charge on any atom is -0.309 e. The second-order valence-corrected chi connectivity index (χ2v) is 18.6. The van der Waals surface area contributed by atoms with Crippen LogP contribution in [-0.4, -0.2) is 0 Å². The molecule has 0 aliphatic heterocycles. The molecule has 12 rings (SSSR count). The molecule has 12 aromatic rings. The number of hydrogen-bond acceptors (Lipinski definition) is 2. The third-order valence-corrected chi connectivity index (χ3v) is 16.0. The van der Waals surface area contributed by atoms with Crippen LogP contribution in [0, 0.1) is 0 Å². The fourth-order valence-electron chi connectivity index (χ4n) is 9.18. The molecule has 0 radical (unpaired) electrons. The zero-order valence-electron chi connectivity index (χ0n) is 29.7. The maximum absolute atomic E-state index is 16.5. The summed E-state index contributed by atoms with van der Waals surface area (Å²) in [6, 6.07) is 67.5. The lowest BCUT2D eigenvalue weighted by molar-refractivity contribution is 0.592. The van der Waals surface area contributed by atoms with E-state index in [9.17, 15) is 0 Å². The summed E-state index contributed by atoms with van der Waals surface area (Å²) in [7, 11) is -3.39. The predicted octanol–water partition coefficient (Wildman–Crippen LogP) is 13.8. The molecule has 11 aromatic carbocycles. The molecule has 256 valence electrons. The average Bonchev–Trinajstić information content (AvgIpc) is 3.62. The Hall–Kier alpha value is -6.31. The first-order valence-corrected chi connectivity index (χ1v) is 21.3. The van der Waals surface area contributed by atoms with E-state index in [1.54, 1.807) is 11.3 Å². The maximum Gasteiger partial charge on any atom is 0.171 e. The zero-order chi connectivity index (χ0) is 36.3. The highest BCUT2D eigenvalue weighted by molar-refractivity contribution is 7.85. The lowest BCUT2D eigenvalue weighted by Crippen LogP contribution is -2.25. The minimum atomic E-state index is -3.39. The van der Waals surface area contributed by atoms with E-state index in [0.717, 1.165) is 42.2 Å². The smallest absolute Gasteiger partial charge is 0.171 e. The fourth-order valence-corrected chi connectivity index (χ4v) is 13.1. The molecule has 0 N–H and O–H groups in total. The molecule has 0 atom stereocenters. The Morgan fingerprint density at radius 3 is 1.20 bits per heavy atom. The van der Waals surface area contributed by atoms with Crippen LogP contribution in [0.1, 0.15) is 0 Å². The lowest BCUT2D eigenvalue weighted by atomic mass is 9.93. The molecule has 0 spiro atoms. The molecule has 0 fully saturated rings. The largest absolute Gasteiger partial charge is 0.309 e. The number of rotatable bonds is 3. The minimum absolute atomic E-state index is 0.847. The summed E-state index contributed by atoms with van der Waals surface area (Å²) in [5.41, 5.74) is 0. The van der Waals surface area contributed by atoms with Crippen molar-refractivity contribution in [1.29, 1.82) is 0 Å². The van der Waals surface area contributed by atoms with E-state index < -0.39 is 7.14 Å². The van der Waals surface area contributed by atoms with Crippen LogP contribution in [-0.2, 0) is 4.57 Å². The fraction of sp³-hybridized carbons (Fsp3) is 0. The Bertz CT molecular complexity index is 3530. The summed E-state index contributed by atoms with van der Waals surface area (Å²) >= 11 is 1.80. The molecule has 0 saturated carbocycles. The SMILES string of the molecule is O=P(c1ccc2c(c1)sc1cc3c4ccccc4c4ccccc4c3cc12)(c1ccc2ccc3ccccc3c2c1)c1ccc2ccc3ccccc3c2c1. The number of thiophene rings is 1. The molecule has 0 amide bonds. The van der Waals surface area contributed by atoms with Crippen LogP contribution >= 0.6 is 18.5 Å². The van der Waals surface area contributed by atoms with Crippen molar-refractivity contribution in [1.82, 2.24) is 0 Å². The van der Waals surface area contributed by atoms with Crippen molar-refractivity contribution in [2.75, 3.05) is 0 Å². The van der Waals surface area contributed by atoms with Crippen LogP contribution in [0.3, 0.4) is 0 Å². The normalized spacial score (nSPS) is 12.4. The summed E-state index contributed by atoms with van der Waals surface area (Å²) < 4.78 is 18.9. The standard InChI is InChI=1S/C52H31OPS/c53-54(36-23-21-34-19-17-32-9-1-3-11-39(32)46(34)27-36,37-24-22-35-20-18-33-10-2-4-12-40(33)47(35)28-37)38-25-26-45-50-30-48-43-15-7-5-13-41(43)42-14-6-8-16-44(42)49(48)31-52(50)55-51(45)29-38/h1-31H. The van der Waals surface area contributed by atoms with Gasteiger partial charge in [0, 0.05) is 36.1 Å². The summed E-state index contributed by atoms with van der Waals surface area (Å²) in [6.07, 6.45) is 0. The van der Waals surface area contributed by atoms with Crippen molar-refractivity contribution in [3.05, 3.63) is 188 Å². The molecule has 0 bridgehead atoms. The Morgan fingerprint density at radius 1 is 0.273 bits per heavy atom. The number of benzene rings is 11. The maximum atomic E-state index is 16.5. The molecular formula is C52H31OPS. The molecule has 0 unspecified atom stereocenters. The third-order valence-electron chi connectivity index (χ3n) is 11.9. The summed E-state index contributed by atoms with van der Waals surface area (Å²) in [6.45, 7) is 0. The van der Waals surface area contributed by atoms with E-state index in [-0.39, 0.29) is 0 Å². The van der Waals surface area contributed by atoms with Gasteiger partial charge in [-0.1, -0.05) is 158 Å². The molecule has 55 heavy (non-hydrogen) atoms. The second-order valence-electron chi connectivity index (χ2n) is 14.8. The monoisotopic (exact) mass is 734 g/mol. The highest BCUT2D eigenvalue weighted by atomic mass is 32.1. The highest BCUT2D eigenvalue weighted by Crippen LogP contribution is 2.47. The first-order valence-electron chi connectivity index (χ1n) is 18.8. The van der Waals surface area contributed by atoms with Gasteiger partial charge in [-0.05, 0) is 106 Å². The van der Waals surface area contributed by atoms with Gasteiger partial charge < -0.3 is 4.57 Å². The Labute approximate surface area is 321 Å². The molecule has 0 saturated heterocycles. The molecule has 0 aliphatic carbocycles. The molecule has 3 heteroatoms. The average molecular weight is 735 g/mol. The van der Waals surface area contributed by atoms with Gasteiger partial charge in [0.15, 0.2) is 7.14 Å². The van der Waals surface area contributed by atoms with Crippen molar-refractivity contribution in [3.63, 3.8) is 0 Å². The Kier molecular flexibility index (Phi) is 6.55. The second kappa shape index (κ2) is 11.6. The van der Waals surface area contributed by atoms with Crippen LogP contribution in [0.25, 0.3) is 95.6 Å². The van der Waals surface area contributed by atoms with E-state index in [4.69, 9.17) is 0 Å². The van der Waals surface area contributed by atoms with E-state index in [1.807, 2.05) is 0 Å². The van der Waals surface area contributed by atoms with Crippen LogP contribution in [0.15, 0.2) is 188 Å². The molecule has 1 heterocycles. The van der Waals surface area contributed by atoms with Crippen molar-refractivity contribution >= 4 is 130 Å². The van der Waals surface area contributed by atoms with Crippen LogP contribution < -0.4 is 15.9 Å². The summed E-state index contributed by atoms with van der Waals surface area (Å²) in [4.78, 5) is 0. The zero-order valence-corrected chi connectivity index (χ0v) is 31.4. The van der Waals surface area contributed by atoms with Crippen molar-refractivity contribution in [3.8, 4) is 0 Å². The van der Waals surface area contributed by atoms with Gasteiger partial charge in [-0.25, -0.2) is 0 Å². The van der Waals surface area contributed by atoms with Gasteiger partial charge in [-0.2, -0.15) is 0 Å². The van der Waals surface area contributed by atoms with Gasteiger partial charge in [0.05, 0.1) is 0 Å². The van der Waals surface area contributed by atoms with E-state index in [0.29, 0.717) is 0 Å². The van der Waals surface area contributed by atoms with E-state index >= 15 is 4.57 Å². The van der Waals surface area contributed by atoms with Crippen molar-refractivity contribution in [2.45, 2.75) is 0 Å². The van der Waals surface area contributed by atoms with Gasteiger partial charge in [-0.3, -0.25) is 0 Å². The highest BCUT2D eigenvalue weighted by Gasteiger charge is 2.31. The van der Waals surface area contributed by atoms with E-state index in [2.05, 4.69) is 188 Å². The number of hydrogen-bond donors (Lipinski definition) is 0. The molecule has 0 aliphatic rings. The molecular weight excluding hydrogens is 704 g/mol. The van der Waals surface area contributed by atoms with Gasteiger partial charge in [0.25, 0.3) is 0 Å². The first kappa shape index (κ1) is 31.1. The lowest BCUT2D eigenvalue weighted by Gasteiger charge is -2.22. The summed E-state index contributed by atoms with van der Waals surface area (Å²) in [5, 5.41) is 21.8. The predicted molar refractivity (Wildman–Crippen MR) is 241 cm³/mol. The van der Waals surface area contributed by atoms with Crippen molar-refractivity contribution in [2.24, 2.45) is 0 Å². The van der Waals surface area contributed by atoms with Crippen LogP contribution in [0.4, 0.5) is 0 Å².